The van der Waals surface area contributed by atoms with Crippen LogP contribution in [0.5, 0.6) is 0 Å². The number of esters is 1. The van der Waals surface area contributed by atoms with E-state index in [0.29, 0.717) is 10.7 Å². The van der Waals surface area contributed by atoms with Gasteiger partial charge in [-0.3, -0.25) is 9.59 Å². The molecule has 9 heteroatoms. The van der Waals surface area contributed by atoms with E-state index in [1.54, 1.807) is 30.5 Å². The molecule has 7 nitrogen and oxygen atoms in total. The standard InChI is InChI=1S/C18H16ClN3O4S/c1-10-9-27-17(21-10)13(7-20)15(23)8-26-18(25)11(2)22-16(24)12-5-3-4-6-14(12)19/h3-6,9,11,13H,8H2,1-2H3,(H,22,24)/t11-,13+/m0/s1. The van der Waals surface area contributed by atoms with Crippen molar-refractivity contribution in [2.75, 3.05) is 6.61 Å². The van der Waals surface area contributed by atoms with Crippen LogP contribution in [0, 0.1) is 18.3 Å². The van der Waals surface area contributed by atoms with Crippen LogP contribution >= 0.6 is 22.9 Å². The van der Waals surface area contributed by atoms with Crippen LogP contribution in [-0.4, -0.2) is 35.3 Å². The van der Waals surface area contributed by atoms with E-state index in [0.717, 1.165) is 0 Å². The maximum Gasteiger partial charge on any atom is 0.328 e. The Morgan fingerprint density at radius 1 is 1.37 bits per heavy atom. The molecule has 0 bridgehead atoms. The smallest absolute Gasteiger partial charge is 0.328 e. The van der Waals surface area contributed by atoms with E-state index < -0.39 is 36.2 Å². The van der Waals surface area contributed by atoms with Gasteiger partial charge in [0, 0.05) is 11.1 Å². The number of rotatable bonds is 7. The van der Waals surface area contributed by atoms with Gasteiger partial charge in [0.1, 0.15) is 11.0 Å². The summed E-state index contributed by atoms with van der Waals surface area (Å²) >= 11 is 7.13. The number of carbonyl (C=O) groups is 3. The Morgan fingerprint density at radius 3 is 2.67 bits per heavy atom. The van der Waals surface area contributed by atoms with Crippen molar-refractivity contribution in [3.63, 3.8) is 0 Å². The average Bonchev–Trinajstić information content (AvgIpc) is 3.06. The van der Waals surface area contributed by atoms with Crippen molar-refractivity contribution in [2.45, 2.75) is 25.8 Å². The fourth-order valence-corrected chi connectivity index (χ4v) is 3.18. The number of amides is 1. The van der Waals surface area contributed by atoms with Crippen molar-refractivity contribution in [3.8, 4) is 6.07 Å². The van der Waals surface area contributed by atoms with Crippen molar-refractivity contribution in [3.05, 3.63) is 50.9 Å². The number of Topliss-reactive ketones (excluding diaryl/α,β-unsaturated/α-hetero) is 1. The number of benzene rings is 1. The van der Waals surface area contributed by atoms with Crippen LogP contribution in [0.3, 0.4) is 0 Å². The molecule has 1 amide bonds. The second kappa shape index (κ2) is 9.26. The van der Waals surface area contributed by atoms with Gasteiger partial charge in [-0.1, -0.05) is 23.7 Å². The number of halogens is 1. The largest absolute Gasteiger partial charge is 0.456 e. The van der Waals surface area contributed by atoms with Gasteiger partial charge < -0.3 is 10.1 Å². The first kappa shape index (κ1) is 20.6. The van der Waals surface area contributed by atoms with E-state index >= 15 is 0 Å². The summed E-state index contributed by atoms with van der Waals surface area (Å²) < 4.78 is 4.93. The molecular formula is C18H16ClN3O4S. The third-order valence-electron chi connectivity index (χ3n) is 3.51. The van der Waals surface area contributed by atoms with Crippen LogP contribution in [-0.2, 0) is 14.3 Å². The van der Waals surface area contributed by atoms with Gasteiger partial charge in [0.2, 0.25) is 0 Å². The van der Waals surface area contributed by atoms with E-state index in [9.17, 15) is 19.6 Å². The lowest BCUT2D eigenvalue weighted by atomic mass is 10.1. The Balaban J connectivity index is 1.90. The fraction of sp³-hybridized carbons (Fsp3) is 0.278. The summed E-state index contributed by atoms with van der Waals surface area (Å²) in [5.41, 5.74) is 0.925. The first-order valence-electron chi connectivity index (χ1n) is 7.90. The van der Waals surface area contributed by atoms with Gasteiger partial charge in [0.15, 0.2) is 18.3 Å². The number of aryl methyl sites for hydroxylation is 1. The molecule has 0 saturated carbocycles. The SMILES string of the molecule is Cc1csc([C@H](C#N)C(=O)COC(=O)[C@H](C)NC(=O)c2ccccc2Cl)n1. The normalized spacial score (nSPS) is 12.5. The minimum atomic E-state index is -1.09. The van der Waals surface area contributed by atoms with Crippen LogP contribution in [0.4, 0.5) is 0 Å². The molecule has 0 spiro atoms. The molecule has 0 aliphatic carbocycles. The second-order valence-electron chi connectivity index (χ2n) is 5.64. The third-order valence-corrected chi connectivity index (χ3v) is 4.87. The molecule has 1 N–H and O–H groups in total. The van der Waals surface area contributed by atoms with Gasteiger partial charge in [-0.25, -0.2) is 9.78 Å². The van der Waals surface area contributed by atoms with E-state index in [2.05, 4.69) is 10.3 Å². The van der Waals surface area contributed by atoms with Gasteiger partial charge in [0.05, 0.1) is 16.7 Å². The molecule has 0 unspecified atom stereocenters. The van der Waals surface area contributed by atoms with Crippen LogP contribution < -0.4 is 5.32 Å². The number of nitriles is 1. The molecule has 27 heavy (non-hydrogen) atoms. The van der Waals surface area contributed by atoms with Crippen molar-refractivity contribution in [2.24, 2.45) is 0 Å². The van der Waals surface area contributed by atoms with Crippen LogP contribution in [0.1, 0.15) is 33.9 Å². The molecule has 0 fully saturated rings. The molecule has 2 aromatic rings. The Morgan fingerprint density at radius 2 is 2.07 bits per heavy atom. The molecule has 1 aromatic heterocycles. The Bertz CT molecular complexity index is 906. The number of hydrogen-bond donors (Lipinski definition) is 1. The Labute approximate surface area is 164 Å². The zero-order valence-corrected chi connectivity index (χ0v) is 16.1. The summed E-state index contributed by atoms with van der Waals surface area (Å²) in [4.78, 5) is 40.4. The molecule has 0 aliphatic heterocycles. The number of ketones is 1. The lowest BCUT2D eigenvalue weighted by Crippen LogP contribution is -2.40. The summed E-state index contributed by atoms with van der Waals surface area (Å²) in [6.07, 6.45) is 0. The van der Waals surface area contributed by atoms with Gasteiger partial charge in [-0.2, -0.15) is 5.26 Å². The number of carbonyl (C=O) groups excluding carboxylic acids is 3. The first-order valence-corrected chi connectivity index (χ1v) is 9.15. The quantitative estimate of drug-likeness (QED) is 0.709. The number of aromatic nitrogens is 1. The van der Waals surface area contributed by atoms with Crippen LogP contribution in [0.2, 0.25) is 5.02 Å². The highest BCUT2D eigenvalue weighted by Gasteiger charge is 2.26. The third kappa shape index (κ3) is 5.36. The van der Waals surface area contributed by atoms with Crippen LogP contribution in [0.25, 0.3) is 0 Å². The molecule has 2 atom stereocenters. The lowest BCUT2D eigenvalue weighted by Gasteiger charge is -2.14. The van der Waals surface area contributed by atoms with Crippen molar-refractivity contribution >= 4 is 40.6 Å². The second-order valence-corrected chi connectivity index (χ2v) is 6.94. The highest BCUT2D eigenvalue weighted by molar-refractivity contribution is 7.09. The van der Waals surface area contributed by atoms with Gasteiger partial charge >= 0.3 is 5.97 Å². The molecule has 1 aromatic carbocycles. The van der Waals surface area contributed by atoms with E-state index in [-0.39, 0.29) is 10.6 Å². The summed E-state index contributed by atoms with van der Waals surface area (Å²) in [7, 11) is 0. The highest BCUT2D eigenvalue weighted by Crippen LogP contribution is 2.21. The van der Waals surface area contributed by atoms with Crippen molar-refractivity contribution in [1.82, 2.24) is 10.3 Å². The molecule has 0 radical (unpaired) electrons. The molecule has 2 rings (SSSR count). The summed E-state index contributed by atoms with van der Waals surface area (Å²) in [6, 6.07) is 7.27. The molecule has 0 saturated heterocycles. The molecule has 0 aliphatic rings. The average molecular weight is 406 g/mol. The minimum absolute atomic E-state index is 0.221. The topological polar surface area (TPSA) is 109 Å². The van der Waals surface area contributed by atoms with Crippen molar-refractivity contribution < 1.29 is 19.1 Å². The lowest BCUT2D eigenvalue weighted by molar-refractivity contribution is -0.149. The van der Waals surface area contributed by atoms with Gasteiger partial charge in [-0.05, 0) is 26.0 Å². The maximum atomic E-state index is 12.2. The highest BCUT2D eigenvalue weighted by atomic mass is 35.5. The predicted molar refractivity (Wildman–Crippen MR) is 99.6 cm³/mol. The van der Waals surface area contributed by atoms with E-state index in [4.69, 9.17) is 16.3 Å². The van der Waals surface area contributed by atoms with Gasteiger partial charge in [0.25, 0.3) is 5.91 Å². The van der Waals surface area contributed by atoms with E-state index in [1.165, 1.54) is 24.3 Å². The van der Waals surface area contributed by atoms with Crippen molar-refractivity contribution in [1.29, 1.82) is 5.26 Å². The van der Waals surface area contributed by atoms with Gasteiger partial charge in [-0.15, -0.1) is 11.3 Å². The maximum absolute atomic E-state index is 12.2. The Kier molecular flexibility index (Phi) is 7.05. The number of nitrogens with zero attached hydrogens (tertiary/aromatic N) is 2. The summed E-state index contributed by atoms with van der Waals surface area (Å²) in [5, 5.41) is 14.0. The number of nitrogens with one attached hydrogen (secondary N) is 1. The molecule has 1 heterocycles. The number of thiazole rings is 1. The van der Waals surface area contributed by atoms with E-state index in [1.807, 2.05) is 6.07 Å². The minimum Gasteiger partial charge on any atom is -0.456 e. The summed E-state index contributed by atoms with van der Waals surface area (Å²) in [5.74, 6) is -3.00. The zero-order chi connectivity index (χ0) is 20.0. The Hall–Kier alpha value is -2.76. The number of ether oxygens (including phenoxy) is 1. The zero-order valence-electron chi connectivity index (χ0n) is 14.6. The summed E-state index contributed by atoms with van der Waals surface area (Å²) in [6.45, 7) is 2.60. The predicted octanol–water partition coefficient (Wildman–Crippen LogP) is 2.64. The monoisotopic (exact) mass is 405 g/mol. The molecule has 140 valence electrons. The molecular weight excluding hydrogens is 390 g/mol. The fourth-order valence-electron chi connectivity index (χ4n) is 2.10. The van der Waals surface area contributed by atoms with Crippen LogP contribution in [0.15, 0.2) is 29.6 Å². The first-order chi connectivity index (χ1) is 12.8. The number of hydrogen-bond acceptors (Lipinski definition) is 7.